The van der Waals surface area contributed by atoms with Gasteiger partial charge in [-0.25, -0.2) is 0 Å². The van der Waals surface area contributed by atoms with Crippen LogP contribution in [-0.2, 0) is 4.79 Å². The molecular weight excluding hydrogens is 178 g/mol. The lowest BCUT2D eigenvalue weighted by molar-refractivity contribution is -0.115. The molecule has 2 heterocycles. The van der Waals surface area contributed by atoms with Gasteiger partial charge in [0.1, 0.15) is 0 Å². The molecule has 2 rings (SSSR count). The maximum Gasteiger partial charge on any atom is 0.264 e. The van der Waals surface area contributed by atoms with Crippen LogP contribution >= 0.6 is 0 Å². The molecule has 1 unspecified atom stereocenters. The van der Waals surface area contributed by atoms with Crippen molar-refractivity contribution in [3.05, 3.63) is 12.3 Å². The molecule has 1 amide bonds. The number of nitrogens with one attached hydrogen (secondary N) is 1. The fourth-order valence-electron chi connectivity index (χ4n) is 2.47. The zero-order chi connectivity index (χ0) is 10.2. The minimum Gasteiger partial charge on any atom is -0.367 e. The Morgan fingerprint density at radius 1 is 1.50 bits per heavy atom. The van der Waals surface area contributed by atoms with Gasteiger partial charge in [0.05, 0.1) is 5.70 Å². The van der Waals surface area contributed by atoms with E-state index in [2.05, 4.69) is 11.9 Å². The van der Waals surface area contributed by atoms with Gasteiger partial charge in [0, 0.05) is 25.0 Å². The van der Waals surface area contributed by atoms with Crippen molar-refractivity contribution >= 4 is 5.91 Å². The summed E-state index contributed by atoms with van der Waals surface area (Å²) in [5.41, 5.74) is 6.05. The van der Waals surface area contributed by atoms with E-state index in [1.54, 1.807) is 0 Å². The molecule has 2 aliphatic rings. The first-order chi connectivity index (χ1) is 6.63. The Morgan fingerprint density at radius 2 is 2.29 bits per heavy atom. The molecule has 2 saturated heterocycles. The van der Waals surface area contributed by atoms with E-state index in [-0.39, 0.29) is 0 Å². The molecule has 0 aromatic carbocycles. The van der Waals surface area contributed by atoms with Gasteiger partial charge in [-0.3, -0.25) is 4.79 Å². The van der Waals surface area contributed by atoms with E-state index >= 15 is 0 Å². The summed E-state index contributed by atoms with van der Waals surface area (Å²) in [4.78, 5) is 13.0. The molecule has 78 valence electrons. The second-order valence-electron chi connectivity index (χ2n) is 4.41. The number of amides is 1. The molecule has 0 aliphatic carbocycles. The highest BCUT2D eigenvalue weighted by Crippen LogP contribution is 2.37. The maximum atomic E-state index is 11.0. The third-order valence-electron chi connectivity index (χ3n) is 3.44. The lowest BCUT2D eigenvalue weighted by Gasteiger charge is -2.23. The average Bonchev–Trinajstić information content (AvgIpc) is 2.76. The van der Waals surface area contributed by atoms with E-state index in [4.69, 9.17) is 5.73 Å². The van der Waals surface area contributed by atoms with Crippen molar-refractivity contribution in [1.29, 1.82) is 0 Å². The lowest BCUT2D eigenvalue weighted by Crippen LogP contribution is -2.32. The Morgan fingerprint density at radius 3 is 2.86 bits per heavy atom. The summed E-state index contributed by atoms with van der Waals surface area (Å²) in [7, 11) is 0. The molecule has 0 aromatic heterocycles. The predicted molar refractivity (Wildman–Crippen MR) is 54.4 cm³/mol. The third-order valence-corrected chi connectivity index (χ3v) is 3.44. The molecule has 1 spiro atoms. The Bertz CT molecular complexity index is 269. The van der Waals surface area contributed by atoms with Gasteiger partial charge in [0.25, 0.3) is 5.91 Å². The average molecular weight is 195 g/mol. The highest BCUT2D eigenvalue weighted by Gasteiger charge is 2.41. The molecule has 1 atom stereocenters. The molecule has 4 nitrogen and oxygen atoms in total. The first-order valence-corrected chi connectivity index (χ1v) is 5.07. The molecule has 2 aliphatic heterocycles. The van der Waals surface area contributed by atoms with Gasteiger partial charge < -0.3 is 16.0 Å². The summed E-state index contributed by atoms with van der Waals surface area (Å²) in [5.74, 6) is -0.395. The van der Waals surface area contributed by atoms with Crippen LogP contribution < -0.4 is 11.1 Å². The van der Waals surface area contributed by atoms with Crippen molar-refractivity contribution < 1.29 is 4.79 Å². The van der Waals surface area contributed by atoms with E-state index in [1.807, 2.05) is 4.90 Å². The number of hydrogen-bond donors (Lipinski definition) is 2. The number of nitrogens with two attached hydrogens (primary N) is 1. The summed E-state index contributed by atoms with van der Waals surface area (Å²) < 4.78 is 0. The van der Waals surface area contributed by atoms with E-state index < -0.39 is 5.91 Å². The monoisotopic (exact) mass is 195 g/mol. The van der Waals surface area contributed by atoms with Crippen molar-refractivity contribution in [3.8, 4) is 0 Å². The number of likely N-dealkylation sites (tertiary alicyclic amines) is 1. The van der Waals surface area contributed by atoms with Gasteiger partial charge in [0.15, 0.2) is 0 Å². The maximum absolute atomic E-state index is 11.0. The summed E-state index contributed by atoms with van der Waals surface area (Å²) in [6.45, 7) is 7.73. The molecule has 2 fully saturated rings. The van der Waals surface area contributed by atoms with Crippen LogP contribution in [0.15, 0.2) is 12.3 Å². The number of rotatable bonds is 2. The molecule has 0 radical (unpaired) electrons. The number of hydrogen-bond acceptors (Lipinski definition) is 3. The Kier molecular flexibility index (Phi) is 2.23. The lowest BCUT2D eigenvalue weighted by atomic mass is 9.86. The van der Waals surface area contributed by atoms with Crippen molar-refractivity contribution in [2.45, 2.75) is 12.8 Å². The number of carbonyl (C=O) groups is 1. The Balaban J connectivity index is 2.00. The largest absolute Gasteiger partial charge is 0.367 e. The smallest absolute Gasteiger partial charge is 0.264 e. The normalized spacial score (nSPS) is 31.3. The van der Waals surface area contributed by atoms with Gasteiger partial charge >= 0.3 is 0 Å². The SMILES string of the molecule is C=C(C(N)=O)N1CCC2(CCNC2)C1. The molecule has 0 saturated carbocycles. The van der Waals surface area contributed by atoms with Crippen LogP contribution in [0.2, 0.25) is 0 Å². The van der Waals surface area contributed by atoms with Crippen molar-refractivity contribution in [1.82, 2.24) is 10.2 Å². The van der Waals surface area contributed by atoms with Crippen LogP contribution in [-0.4, -0.2) is 37.0 Å². The Labute approximate surface area is 84.1 Å². The van der Waals surface area contributed by atoms with Crippen molar-refractivity contribution in [2.75, 3.05) is 26.2 Å². The standard InChI is InChI=1S/C10H17N3O/c1-8(9(11)14)13-5-3-10(7-13)2-4-12-6-10/h12H,1-7H2,(H2,11,14). The zero-order valence-corrected chi connectivity index (χ0v) is 8.38. The molecule has 0 aromatic rings. The number of nitrogens with zero attached hydrogens (tertiary/aromatic N) is 1. The molecular formula is C10H17N3O. The predicted octanol–water partition coefficient (Wildman–Crippen LogP) is -0.329. The van der Waals surface area contributed by atoms with Crippen LogP contribution in [0.3, 0.4) is 0 Å². The van der Waals surface area contributed by atoms with Crippen LogP contribution in [0.5, 0.6) is 0 Å². The second-order valence-corrected chi connectivity index (χ2v) is 4.41. The minimum absolute atomic E-state index is 0.373. The van der Waals surface area contributed by atoms with Crippen LogP contribution in [0.25, 0.3) is 0 Å². The van der Waals surface area contributed by atoms with Crippen LogP contribution in [0, 0.1) is 5.41 Å². The summed E-state index contributed by atoms with van der Waals surface area (Å²) in [6, 6.07) is 0. The molecule has 3 N–H and O–H groups in total. The summed E-state index contributed by atoms with van der Waals surface area (Å²) in [6.07, 6.45) is 2.35. The summed E-state index contributed by atoms with van der Waals surface area (Å²) in [5, 5.41) is 3.37. The first kappa shape index (κ1) is 9.52. The molecule has 0 bridgehead atoms. The molecule has 14 heavy (non-hydrogen) atoms. The minimum atomic E-state index is -0.395. The van der Waals surface area contributed by atoms with Crippen molar-refractivity contribution in [3.63, 3.8) is 0 Å². The third kappa shape index (κ3) is 1.50. The van der Waals surface area contributed by atoms with Gasteiger partial charge in [-0.1, -0.05) is 6.58 Å². The second kappa shape index (κ2) is 3.28. The fraction of sp³-hybridized carbons (Fsp3) is 0.700. The first-order valence-electron chi connectivity index (χ1n) is 5.07. The van der Waals surface area contributed by atoms with Crippen molar-refractivity contribution in [2.24, 2.45) is 11.1 Å². The quantitative estimate of drug-likeness (QED) is 0.593. The van der Waals surface area contributed by atoms with Gasteiger partial charge in [-0.05, 0) is 19.4 Å². The topological polar surface area (TPSA) is 58.4 Å². The van der Waals surface area contributed by atoms with E-state index in [9.17, 15) is 4.79 Å². The highest BCUT2D eigenvalue weighted by molar-refractivity contribution is 5.90. The zero-order valence-electron chi connectivity index (χ0n) is 8.38. The number of primary amides is 1. The number of carbonyl (C=O) groups excluding carboxylic acids is 1. The van der Waals surface area contributed by atoms with Gasteiger partial charge in [0.2, 0.25) is 0 Å². The van der Waals surface area contributed by atoms with Crippen LogP contribution in [0.1, 0.15) is 12.8 Å². The Hall–Kier alpha value is -1.03. The van der Waals surface area contributed by atoms with E-state index in [0.29, 0.717) is 11.1 Å². The summed E-state index contributed by atoms with van der Waals surface area (Å²) >= 11 is 0. The van der Waals surface area contributed by atoms with E-state index in [1.165, 1.54) is 6.42 Å². The van der Waals surface area contributed by atoms with E-state index in [0.717, 1.165) is 32.6 Å². The van der Waals surface area contributed by atoms with Gasteiger partial charge in [-0.2, -0.15) is 0 Å². The molecule has 4 heteroatoms. The fourth-order valence-corrected chi connectivity index (χ4v) is 2.47. The highest BCUT2D eigenvalue weighted by atomic mass is 16.1. The van der Waals surface area contributed by atoms with Crippen LogP contribution in [0.4, 0.5) is 0 Å². The van der Waals surface area contributed by atoms with Gasteiger partial charge in [-0.15, -0.1) is 0 Å².